The Hall–Kier alpha value is -1.67. The molecule has 0 spiro atoms. The molecule has 1 aromatic rings. The van der Waals surface area contributed by atoms with Crippen LogP contribution in [0.3, 0.4) is 0 Å². The molecule has 24 heavy (non-hydrogen) atoms. The summed E-state index contributed by atoms with van der Waals surface area (Å²) in [4.78, 5) is 11.7. The number of carbonyl (C=O) groups excluding carboxylic acids is 1. The number of rotatable bonds is 11. The Morgan fingerprint density at radius 3 is 2.50 bits per heavy atom. The van der Waals surface area contributed by atoms with Crippen molar-refractivity contribution in [3.8, 4) is 0 Å². The summed E-state index contributed by atoms with van der Waals surface area (Å²) in [6, 6.07) is 5.23. The SMILES string of the molecule is CCOCCCNC(=O)CCCN(c1ccc(F)cc1)S(C)(=O)=O. The minimum atomic E-state index is -3.49. The number of carbonyl (C=O) groups is 1. The topological polar surface area (TPSA) is 75.7 Å². The maximum Gasteiger partial charge on any atom is 0.232 e. The van der Waals surface area contributed by atoms with Gasteiger partial charge >= 0.3 is 0 Å². The smallest absolute Gasteiger partial charge is 0.232 e. The quantitative estimate of drug-likeness (QED) is 0.612. The molecule has 0 saturated carbocycles. The van der Waals surface area contributed by atoms with Gasteiger partial charge in [-0.15, -0.1) is 0 Å². The number of ether oxygens (including phenoxy) is 1. The van der Waals surface area contributed by atoms with E-state index < -0.39 is 15.8 Å². The van der Waals surface area contributed by atoms with Crippen LogP contribution in [0.2, 0.25) is 0 Å². The molecule has 0 heterocycles. The van der Waals surface area contributed by atoms with Crippen LogP contribution in [0, 0.1) is 5.82 Å². The molecule has 1 N–H and O–H groups in total. The molecule has 1 rings (SSSR count). The number of hydrogen-bond acceptors (Lipinski definition) is 4. The summed E-state index contributed by atoms with van der Waals surface area (Å²) in [5.74, 6) is -0.558. The number of sulfonamides is 1. The van der Waals surface area contributed by atoms with Crippen molar-refractivity contribution >= 4 is 21.6 Å². The first-order valence-corrected chi connectivity index (χ1v) is 9.77. The summed E-state index contributed by atoms with van der Waals surface area (Å²) >= 11 is 0. The van der Waals surface area contributed by atoms with Crippen molar-refractivity contribution in [1.82, 2.24) is 5.32 Å². The Morgan fingerprint density at radius 2 is 1.92 bits per heavy atom. The summed E-state index contributed by atoms with van der Waals surface area (Å²) in [6.45, 7) is 3.86. The monoisotopic (exact) mass is 360 g/mol. The van der Waals surface area contributed by atoms with Crippen molar-refractivity contribution in [2.45, 2.75) is 26.2 Å². The van der Waals surface area contributed by atoms with Crippen molar-refractivity contribution in [2.24, 2.45) is 0 Å². The second kappa shape index (κ2) is 10.2. The van der Waals surface area contributed by atoms with Crippen molar-refractivity contribution < 1.29 is 22.3 Å². The highest BCUT2D eigenvalue weighted by Gasteiger charge is 2.17. The van der Waals surface area contributed by atoms with Gasteiger partial charge in [-0.3, -0.25) is 9.10 Å². The van der Waals surface area contributed by atoms with Gasteiger partial charge < -0.3 is 10.1 Å². The number of hydrogen-bond donors (Lipinski definition) is 1. The van der Waals surface area contributed by atoms with Gasteiger partial charge in [-0.1, -0.05) is 0 Å². The maximum absolute atomic E-state index is 13.0. The molecular formula is C16H25FN2O4S. The molecule has 0 aliphatic rings. The third-order valence-corrected chi connectivity index (χ3v) is 4.47. The number of anilines is 1. The molecule has 1 aromatic carbocycles. The van der Waals surface area contributed by atoms with Gasteiger partial charge in [0.05, 0.1) is 11.9 Å². The fraction of sp³-hybridized carbons (Fsp3) is 0.562. The van der Waals surface area contributed by atoms with E-state index in [2.05, 4.69) is 5.32 Å². The van der Waals surface area contributed by atoms with Crippen LogP contribution < -0.4 is 9.62 Å². The van der Waals surface area contributed by atoms with E-state index in [-0.39, 0.29) is 18.9 Å². The number of nitrogens with one attached hydrogen (secondary N) is 1. The summed E-state index contributed by atoms with van der Waals surface area (Å²) in [5.41, 5.74) is 0.385. The number of halogens is 1. The van der Waals surface area contributed by atoms with Crippen LogP contribution in [-0.2, 0) is 19.6 Å². The van der Waals surface area contributed by atoms with Gasteiger partial charge in [0.15, 0.2) is 0 Å². The van der Waals surface area contributed by atoms with Gasteiger partial charge in [-0.2, -0.15) is 0 Å². The molecule has 6 nitrogen and oxygen atoms in total. The average Bonchev–Trinajstić information content (AvgIpc) is 2.51. The minimum absolute atomic E-state index is 0.126. The van der Waals surface area contributed by atoms with E-state index in [4.69, 9.17) is 4.74 Å². The highest BCUT2D eigenvalue weighted by molar-refractivity contribution is 7.92. The molecule has 8 heteroatoms. The lowest BCUT2D eigenvalue weighted by molar-refractivity contribution is -0.121. The predicted octanol–water partition coefficient (Wildman–Crippen LogP) is 1.91. The van der Waals surface area contributed by atoms with Crippen LogP contribution in [0.15, 0.2) is 24.3 Å². The normalized spacial score (nSPS) is 11.3. The Labute approximate surface area is 143 Å². The highest BCUT2D eigenvalue weighted by Crippen LogP contribution is 2.18. The molecule has 1 amide bonds. The van der Waals surface area contributed by atoms with Crippen LogP contribution in [0.1, 0.15) is 26.2 Å². The van der Waals surface area contributed by atoms with Gasteiger partial charge in [-0.05, 0) is 44.0 Å². The van der Waals surface area contributed by atoms with E-state index in [1.165, 1.54) is 28.6 Å². The molecule has 0 unspecified atom stereocenters. The lowest BCUT2D eigenvalue weighted by Gasteiger charge is -2.22. The second-order valence-electron chi connectivity index (χ2n) is 5.32. The summed E-state index contributed by atoms with van der Waals surface area (Å²) < 4.78 is 43.1. The van der Waals surface area contributed by atoms with Crippen molar-refractivity contribution in [1.29, 1.82) is 0 Å². The minimum Gasteiger partial charge on any atom is -0.382 e. The van der Waals surface area contributed by atoms with Crippen molar-refractivity contribution in [3.63, 3.8) is 0 Å². The van der Waals surface area contributed by atoms with Gasteiger partial charge in [0.25, 0.3) is 0 Å². The Balaban J connectivity index is 2.44. The molecule has 0 atom stereocenters. The van der Waals surface area contributed by atoms with E-state index in [1.54, 1.807) is 0 Å². The zero-order chi connectivity index (χ0) is 18.0. The first-order chi connectivity index (χ1) is 11.3. The molecule has 0 aliphatic heterocycles. The summed E-state index contributed by atoms with van der Waals surface area (Å²) in [6.07, 6.45) is 2.43. The van der Waals surface area contributed by atoms with Crippen molar-refractivity contribution in [2.75, 3.05) is 36.9 Å². The number of amides is 1. The fourth-order valence-electron chi connectivity index (χ4n) is 2.11. The maximum atomic E-state index is 13.0. The molecule has 0 saturated heterocycles. The predicted molar refractivity (Wildman–Crippen MR) is 91.9 cm³/mol. The summed E-state index contributed by atoms with van der Waals surface area (Å²) in [5, 5.41) is 2.76. The largest absolute Gasteiger partial charge is 0.382 e. The van der Waals surface area contributed by atoms with Gasteiger partial charge in [-0.25, -0.2) is 12.8 Å². The van der Waals surface area contributed by atoms with E-state index in [0.29, 0.717) is 31.9 Å². The Kier molecular flexibility index (Phi) is 8.70. The molecule has 0 fully saturated rings. The molecule has 0 radical (unpaired) electrons. The lowest BCUT2D eigenvalue weighted by Crippen LogP contribution is -2.32. The van der Waals surface area contributed by atoms with Crippen LogP contribution in [0.5, 0.6) is 0 Å². The fourth-order valence-corrected chi connectivity index (χ4v) is 3.08. The third-order valence-electron chi connectivity index (χ3n) is 3.27. The summed E-state index contributed by atoms with van der Waals surface area (Å²) in [7, 11) is -3.49. The highest BCUT2D eigenvalue weighted by atomic mass is 32.2. The molecule has 0 aromatic heterocycles. The first kappa shape index (κ1) is 20.4. The zero-order valence-corrected chi connectivity index (χ0v) is 14.9. The third kappa shape index (κ3) is 7.74. The van der Waals surface area contributed by atoms with E-state index in [9.17, 15) is 17.6 Å². The Bertz CT molecular complexity index is 605. The molecule has 136 valence electrons. The van der Waals surface area contributed by atoms with E-state index in [0.717, 1.165) is 12.7 Å². The lowest BCUT2D eigenvalue weighted by atomic mass is 10.2. The second-order valence-corrected chi connectivity index (χ2v) is 7.22. The van der Waals surface area contributed by atoms with Crippen molar-refractivity contribution in [3.05, 3.63) is 30.1 Å². The van der Waals surface area contributed by atoms with Crippen LogP contribution in [0.4, 0.5) is 10.1 Å². The van der Waals surface area contributed by atoms with Crippen LogP contribution in [0.25, 0.3) is 0 Å². The van der Waals surface area contributed by atoms with Crippen LogP contribution >= 0.6 is 0 Å². The number of nitrogens with zero attached hydrogens (tertiary/aromatic N) is 1. The average molecular weight is 360 g/mol. The van der Waals surface area contributed by atoms with E-state index in [1.807, 2.05) is 6.92 Å². The molecule has 0 bridgehead atoms. The standard InChI is InChI=1S/C16H25FN2O4S/c1-3-23-13-5-11-18-16(20)6-4-12-19(24(2,21)22)15-9-7-14(17)8-10-15/h7-10H,3-6,11-13H2,1-2H3,(H,18,20). The molecule has 0 aliphatic carbocycles. The Morgan fingerprint density at radius 1 is 1.25 bits per heavy atom. The van der Waals surface area contributed by atoms with Gasteiger partial charge in [0.1, 0.15) is 5.82 Å². The zero-order valence-electron chi connectivity index (χ0n) is 14.1. The first-order valence-electron chi connectivity index (χ1n) is 7.92. The van der Waals surface area contributed by atoms with Gasteiger partial charge in [0, 0.05) is 32.7 Å². The number of benzene rings is 1. The van der Waals surface area contributed by atoms with E-state index >= 15 is 0 Å². The van der Waals surface area contributed by atoms with Crippen LogP contribution in [-0.4, -0.2) is 46.9 Å². The molecular weight excluding hydrogens is 335 g/mol. The van der Waals surface area contributed by atoms with Gasteiger partial charge in [0.2, 0.25) is 15.9 Å².